The molecule has 4 aromatic rings. The Balaban J connectivity index is 1.80. The van der Waals surface area contributed by atoms with Gasteiger partial charge in [-0.25, -0.2) is 0 Å². The van der Waals surface area contributed by atoms with E-state index in [1.807, 2.05) is 18.2 Å². The average Bonchev–Trinajstić information content (AvgIpc) is 3.22. The fourth-order valence-electron chi connectivity index (χ4n) is 2.14. The zero-order valence-electron chi connectivity index (χ0n) is 12.1. The van der Waals surface area contributed by atoms with Crippen LogP contribution in [0.5, 0.6) is 0 Å². The molecule has 0 saturated heterocycles. The van der Waals surface area contributed by atoms with Crippen molar-refractivity contribution in [3.8, 4) is 22.1 Å². The van der Waals surface area contributed by atoms with Gasteiger partial charge in [0.05, 0.1) is 0 Å². The third-order valence-corrected chi connectivity index (χ3v) is 4.29. The number of fused-ring (bicyclic) bond motifs is 1. The normalized spacial score (nSPS) is 11.6. The predicted molar refractivity (Wildman–Crippen MR) is 83.6 cm³/mol. The maximum atomic E-state index is 4.60. The van der Waals surface area contributed by atoms with Crippen LogP contribution in [0.1, 0.15) is 25.5 Å². The minimum absolute atomic E-state index is 0.402. The fourth-order valence-corrected chi connectivity index (χ4v) is 2.94. The van der Waals surface area contributed by atoms with E-state index in [2.05, 4.69) is 44.3 Å². The van der Waals surface area contributed by atoms with Gasteiger partial charge in [0.2, 0.25) is 4.96 Å². The van der Waals surface area contributed by atoms with Crippen molar-refractivity contribution in [2.45, 2.75) is 19.8 Å². The summed E-state index contributed by atoms with van der Waals surface area (Å²) < 4.78 is 1.75. The molecule has 22 heavy (non-hydrogen) atoms. The largest absolute Gasteiger partial charge is 0.282 e. The number of H-pyrrole nitrogens is 1. The van der Waals surface area contributed by atoms with E-state index in [0.717, 1.165) is 26.9 Å². The number of pyridine rings is 1. The molecule has 0 spiro atoms. The summed E-state index contributed by atoms with van der Waals surface area (Å²) in [7, 11) is 0. The lowest BCUT2D eigenvalue weighted by Gasteiger charge is -1.96. The van der Waals surface area contributed by atoms with Crippen molar-refractivity contribution in [2.75, 3.05) is 0 Å². The van der Waals surface area contributed by atoms with E-state index in [4.69, 9.17) is 0 Å². The highest BCUT2D eigenvalue weighted by Crippen LogP contribution is 2.28. The highest BCUT2D eigenvalue weighted by molar-refractivity contribution is 7.19. The molecule has 0 unspecified atom stereocenters. The van der Waals surface area contributed by atoms with Crippen LogP contribution in [0.4, 0.5) is 0 Å². The number of aromatic nitrogens is 7. The van der Waals surface area contributed by atoms with E-state index >= 15 is 0 Å². The molecule has 0 saturated carbocycles. The van der Waals surface area contributed by atoms with Crippen molar-refractivity contribution in [1.82, 2.24) is 35.0 Å². The van der Waals surface area contributed by atoms with E-state index in [1.165, 1.54) is 11.3 Å². The molecular formula is C14H13N7S. The van der Waals surface area contributed by atoms with Gasteiger partial charge in [-0.1, -0.05) is 25.2 Å². The number of nitrogens with zero attached hydrogens (tertiary/aromatic N) is 6. The molecule has 4 heterocycles. The first-order valence-corrected chi connectivity index (χ1v) is 7.72. The smallest absolute Gasteiger partial charge is 0.235 e. The maximum Gasteiger partial charge on any atom is 0.235 e. The summed E-state index contributed by atoms with van der Waals surface area (Å²) in [6, 6.07) is 5.81. The van der Waals surface area contributed by atoms with Crippen LogP contribution in [0.3, 0.4) is 0 Å². The maximum absolute atomic E-state index is 4.60. The van der Waals surface area contributed by atoms with E-state index in [1.54, 1.807) is 16.9 Å². The highest BCUT2D eigenvalue weighted by atomic mass is 32.1. The summed E-state index contributed by atoms with van der Waals surface area (Å²) in [6.07, 6.45) is 3.46. The van der Waals surface area contributed by atoms with Crippen LogP contribution in [-0.2, 0) is 0 Å². The lowest BCUT2D eigenvalue weighted by molar-refractivity contribution is 0.810. The SMILES string of the molecule is CC(C)c1cc(-c2nn3c(-c4ccncc4)nnc3s2)n[nH]1. The van der Waals surface area contributed by atoms with Crippen molar-refractivity contribution in [1.29, 1.82) is 0 Å². The average molecular weight is 311 g/mol. The molecule has 0 radical (unpaired) electrons. The molecule has 0 atom stereocenters. The number of rotatable bonds is 3. The van der Waals surface area contributed by atoms with Crippen LogP contribution in [0.25, 0.3) is 27.1 Å². The lowest BCUT2D eigenvalue weighted by atomic mass is 10.1. The number of hydrogen-bond donors (Lipinski definition) is 1. The Bertz CT molecular complexity index is 919. The minimum Gasteiger partial charge on any atom is -0.282 e. The van der Waals surface area contributed by atoms with Gasteiger partial charge in [-0.15, -0.1) is 10.2 Å². The van der Waals surface area contributed by atoms with Gasteiger partial charge >= 0.3 is 0 Å². The Hall–Kier alpha value is -2.61. The number of nitrogens with one attached hydrogen (secondary N) is 1. The number of hydrogen-bond acceptors (Lipinski definition) is 6. The summed E-state index contributed by atoms with van der Waals surface area (Å²) in [6.45, 7) is 4.24. The summed E-state index contributed by atoms with van der Waals surface area (Å²) in [5.41, 5.74) is 2.86. The van der Waals surface area contributed by atoms with Gasteiger partial charge in [-0.2, -0.15) is 14.7 Å². The van der Waals surface area contributed by atoms with Crippen LogP contribution < -0.4 is 0 Å². The summed E-state index contributed by atoms with van der Waals surface area (Å²) in [4.78, 5) is 4.76. The quantitative estimate of drug-likeness (QED) is 0.629. The zero-order valence-corrected chi connectivity index (χ0v) is 12.9. The predicted octanol–water partition coefficient (Wildman–Crippen LogP) is 2.76. The molecule has 0 aliphatic heterocycles. The highest BCUT2D eigenvalue weighted by Gasteiger charge is 2.16. The van der Waals surface area contributed by atoms with Gasteiger partial charge in [0.15, 0.2) is 10.8 Å². The second-order valence-electron chi connectivity index (χ2n) is 5.22. The number of aromatic amines is 1. The van der Waals surface area contributed by atoms with E-state index in [9.17, 15) is 0 Å². The van der Waals surface area contributed by atoms with Crippen molar-refractivity contribution in [3.63, 3.8) is 0 Å². The van der Waals surface area contributed by atoms with E-state index in [0.29, 0.717) is 11.7 Å². The van der Waals surface area contributed by atoms with Crippen molar-refractivity contribution in [2.24, 2.45) is 0 Å². The Morgan fingerprint density at radius 2 is 2.00 bits per heavy atom. The second kappa shape index (κ2) is 4.99. The Morgan fingerprint density at radius 1 is 1.18 bits per heavy atom. The van der Waals surface area contributed by atoms with Gasteiger partial charge in [-0.3, -0.25) is 10.1 Å². The van der Waals surface area contributed by atoms with Crippen molar-refractivity contribution in [3.05, 3.63) is 36.3 Å². The molecule has 4 rings (SSSR count). The third kappa shape index (κ3) is 2.08. The van der Waals surface area contributed by atoms with Crippen molar-refractivity contribution >= 4 is 16.3 Å². The summed E-state index contributed by atoms with van der Waals surface area (Å²) in [5.74, 6) is 1.11. The molecule has 0 aromatic carbocycles. The van der Waals surface area contributed by atoms with Gasteiger partial charge in [0.25, 0.3) is 0 Å². The molecule has 0 fully saturated rings. The molecule has 8 heteroatoms. The van der Waals surface area contributed by atoms with Crippen molar-refractivity contribution < 1.29 is 0 Å². The first-order chi connectivity index (χ1) is 10.7. The van der Waals surface area contributed by atoms with Crippen LogP contribution in [0, 0.1) is 0 Å². The molecule has 110 valence electrons. The van der Waals surface area contributed by atoms with Crippen LogP contribution in [0.2, 0.25) is 0 Å². The second-order valence-corrected chi connectivity index (χ2v) is 6.18. The summed E-state index contributed by atoms with van der Waals surface area (Å²) in [5, 5.41) is 21.2. The zero-order chi connectivity index (χ0) is 15.1. The molecule has 4 aromatic heterocycles. The first-order valence-electron chi connectivity index (χ1n) is 6.90. The van der Waals surface area contributed by atoms with Gasteiger partial charge < -0.3 is 0 Å². The standard InChI is InChI=1S/C14H13N7S/c1-8(2)10-7-11(17-16-10)13-20-21-12(18-19-14(21)22-13)9-3-5-15-6-4-9/h3-8H,1-2H3,(H,16,17). The fraction of sp³-hybridized carbons (Fsp3) is 0.214. The monoisotopic (exact) mass is 311 g/mol. The van der Waals surface area contributed by atoms with Crippen LogP contribution in [-0.4, -0.2) is 35.0 Å². The molecular weight excluding hydrogens is 298 g/mol. The Labute approximate surface area is 130 Å². The van der Waals surface area contributed by atoms with Gasteiger partial charge in [0, 0.05) is 23.7 Å². The van der Waals surface area contributed by atoms with E-state index in [-0.39, 0.29) is 0 Å². The van der Waals surface area contributed by atoms with Crippen LogP contribution in [0.15, 0.2) is 30.6 Å². The van der Waals surface area contributed by atoms with Gasteiger partial charge in [-0.05, 0) is 24.1 Å². The molecule has 0 amide bonds. The Kier molecular flexibility index (Phi) is 2.97. The molecule has 0 aliphatic carbocycles. The minimum atomic E-state index is 0.402. The first kappa shape index (κ1) is 13.1. The van der Waals surface area contributed by atoms with Gasteiger partial charge in [0.1, 0.15) is 5.69 Å². The molecule has 0 aliphatic rings. The molecule has 1 N–H and O–H groups in total. The topological polar surface area (TPSA) is 84.7 Å². The summed E-state index contributed by atoms with van der Waals surface area (Å²) >= 11 is 1.47. The Morgan fingerprint density at radius 3 is 2.73 bits per heavy atom. The molecule has 7 nitrogen and oxygen atoms in total. The lowest BCUT2D eigenvalue weighted by Crippen LogP contribution is -1.91. The van der Waals surface area contributed by atoms with E-state index < -0.39 is 0 Å². The molecule has 0 bridgehead atoms. The van der Waals surface area contributed by atoms with Crippen LogP contribution >= 0.6 is 11.3 Å². The third-order valence-electron chi connectivity index (χ3n) is 3.37.